The smallest absolute Gasteiger partial charge is 0.320 e. The number of ether oxygens (including phenoxy) is 1. The summed E-state index contributed by atoms with van der Waals surface area (Å²) in [5.74, 6) is -0.107. The van der Waals surface area contributed by atoms with E-state index >= 15 is 0 Å². The van der Waals surface area contributed by atoms with Gasteiger partial charge in [-0.25, -0.2) is 0 Å². The predicted octanol–water partition coefficient (Wildman–Crippen LogP) is 2.12. The molecule has 0 aromatic heterocycles. The average Bonchev–Trinajstić information content (AvgIpc) is 2.30. The van der Waals surface area contributed by atoms with Crippen LogP contribution in [0.1, 0.15) is 6.92 Å². The Morgan fingerprint density at radius 1 is 1.47 bits per heavy atom. The van der Waals surface area contributed by atoms with E-state index in [0.717, 1.165) is 5.75 Å². The molecule has 0 unspecified atom stereocenters. The Bertz CT molecular complexity index is 367. The van der Waals surface area contributed by atoms with Crippen LogP contribution >= 0.6 is 11.6 Å². The Morgan fingerprint density at radius 3 is 2.59 bits per heavy atom. The lowest BCUT2D eigenvalue weighted by Gasteiger charge is -2.20. The molecule has 0 radical (unpaired) electrons. The summed E-state index contributed by atoms with van der Waals surface area (Å²) in [4.78, 5) is 12.4. The van der Waals surface area contributed by atoms with Gasteiger partial charge in [0.05, 0.1) is 0 Å². The summed E-state index contributed by atoms with van der Waals surface area (Å²) >= 11 is 5.74. The topological polar surface area (TPSA) is 49.8 Å². The van der Waals surface area contributed by atoms with Crippen LogP contribution in [0.2, 0.25) is 5.02 Å². The molecule has 1 N–H and O–H groups in total. The highest BCUT2D eigenvalue weighted by atomic mass is 35.5. The second-order valence-corrected chi connectivity index (χ2v) is 4.23. The van der Waals surface area contributed by atoms with Crippen LogP contribution in [-0.4, -0.2) is 42.2 Å². The third kappa shape index (κ3) is 4.63. The maximum absolute atomic E-state index is 10.7. The number of hydrogen-bond acceptors (Lipinski definition) is 3. The molecule has 0 heterocycles. The van der Waals surface area contributed by atoms with Crippen molar-refractivity contribution in [2.75, 3.05) is 20.2 Å². The van der Waals surface area contributed by atoms with Crippen molar-refractivity contribution < 1.29 is 14.6 Å². The molecule has 0 bridgehead atoms. The van der Waals surface area contributed by atoms with Gasteiger partial charge in [0.1, 0.15) is 18.4 Å². The first-order valence-corrected chi connectivity index (χ1v) is 5.70. The zero-order valence-electron chi connectivity index (χ0n) is 9.89. The minimum Gasteiger partial charge on any atom is -0.492 e. The van der Waals surface area contributed by atoms with E-state index in [-0.39, 0.29) is 0 Å². The highest BCUT2D eigenvalue weighted by Crippen LogP contribution is 2.15. The normalized spacial score (nSPS) is 12.5. The Balaban J connectivity index is 2.32. The lowest BCUT2D eigenvalue weighted by Crippen LogP contribution is -2.38. The number of carboxylic acids is 1. The number of likely N-dealkylation sites (N-methyl/N-ethyl adjacent to an activating group) is 1. The maximum atomic E-state index is 10.7. The van der Waals surface area contributed by atoms with E-state index in [9.17, 15) is 4.79 Å². The maximum Gasteiger partial charge on any atom is 0.320 e. The van der Waals surface area contributed by atoms with E-state index in [2.05, 4.69) is 0 Å². The summed E-state index contributed by atoms with van der Waals surface area (Å²) in [6.45, 7) is 2.64. The number of rotatable bonds is 6. The summed E-state index contributed by atoms with van der Waals surface area (Å²) in [7, 11) is 1.75. The third-order valence-electron chi connectivity index (χ3n) is 2.54. The van der Waals surface area contributed by atoms with Crippen LogP contribution in [0.5, 0.6) is 5.75 Å². The van der Waals surface area contributed by atoms with Crippen molar-refractivity contribution in [2.45, 2.75) is 13.0 Å². The fraction of sp³-hybridized carbons (Fsp3) is 0.417. The molecular weight excluding hydrogens is 242 g/mol. The fourth-order valence-corrected chi connectivity index (χ4v) is 1.35. The molecule has 0 aliphatic carbocycles. The van der Waals surface area contributed by atoms with Crippen LogP contribution in [0, 0.1) is 0 Å². The first-order valence-electron chi connectivity index (χ1n) is 5.32. The molecular formula is C12H16ClNO3. The first-order chi connectivity index (χ1) is 8.00. The van der Waals surface area contributed by atoms with Crippen molar-refractivity contribution in [2.24, 2.45) is 0 Å². The van der Waals surface area contributed by atoms with Crippen molar-refractivity contribution in [3.05, 3.63) is 29.3 Å². The van der Waals surface area contributed by atoms with Crippen molar-refractivity contribution >= 4 is 17.6 Å². The van der Waals surface area contributed by atoms with E-state index in [1.807, 2.05) is 0 Å². The van der Waals surface area contributed by atoms with Crippen molar-refractivity contribution in [1.29, 1.82) is 0 Å². The van der Waals surface area contributed by atoms with Crippen LogP contribution in [0.4, 0.5) is 0 Å². The zero-order chi connectivity index (χ0) is 12.8. The predicted molar refractivity (Wildman–Crippen MR) is 66.7 cm³/mol. The molecule has 94 valence electrons. The number of nitrogens with zero attached hydrogens (tertiary/aromatic N) is 1. The Morgan fingerprint density at radius 2 is 2.06 bits per heavy atom. The molecule has 1 atom stereocenters. The van der Waals surface area contributed by atoms with Gasteiger partial charge < -0.3 is 9.84 Å². The van der Waals surface area contributed by atoms with E-state index in [1.165, 1.54) is 0 Å². The zero-order valence-corrected chi connectivity index (χ0v) is 10.6. The van der Waals surface area contributed by atoms with Crippen molar-refractivity contribution in [3.8, 4) is 5.75 Å². The van der Waals surface area contributed by atoms with Gasteiger partial charge in [0.15, 0.2) is 0 Å². The van der Waals surface area contributed by atoms with Gasteiger partial charge in [-0.1, -0.05) is 11.6 Å². The Kier molecular flexibility index (Phi) is 5.25. The quantitative estimate of drug-likeness (QED) is 0.848. The summed E-state index contributed by atoms with van der Waals surface area (Å²) < 4.78 is 5.47. The number of carboxylic acid groups (broad SMARTS) is 1. The highest BCUT2D eigenvalue weighted by molar-refractivity contribution is 6.30. The van der Waals surface area contributed by atoms with Gasteiger partial charge in [-0.3, -0.25) is 9.69 Å². The minimum atomic E-state index is -0.834. The van der Waals surface area contributed by atoms with Crippen LogP contribution in [0.25, 0.3) is 0 Å². The van der Waals surface area contributed by atoms with Gasteiger partial charge in [0.25, 0.3) is 0 Å². The fourth-order valence-electron chi connectivity index (χ4n) is 1.22. The van der Waals surface area contributed by atoms with E-state index in [4.69, 9.17) is 21.4 Å². The number of aliphatic carboxylic acids is 1. The molecule has 0 amide bonds. The molecule has 1 rings (SSSR count). The Hall–Kier alpha value is -1.26. The molecule has 0 aliphatic rings. The van der Waals surface area contributed by atoms with Gasteiger partial charge in [0, 0.05) is 11.6 Å². The summed E-state index contributed by atoms with van der Waals surface area (Å²) in [6, 6.07) is 6.55. The number of halogens is 1. The lowest BCUT2D eigenvalue weighted by atomic mass is 10.3. The molecule has 0 saturated heterocycles. The summed E-state index contributed by atoms with van der Waals surface area (Å²) in [6.07, 6.45) is 0. The monoisotopic (exact) mass is 257 g/mol. The second kappa shape index (κ2) is 6.47. The van der Waals surface area contributed by atoms with E-state index in [0.29, 0.717) is 18.2 Å². The number of benzene rings is 1. The number of carbonyl (C=O) groups is 1. The van der Waals surface area contributed by atoms with Crippen LogP contribution in [-0.2, 0) is 4.79 Å². The molecule has 4 nitrogen and oxygen atoms in total. The van der Waals surface area contributed by atoms with E-state index in [1.54, 1.807) is 43.1 Å². The highest BCUT2D eigenvalue weighted by Gasteiger charge is 2.15. The minimum absolute atomic E-state index is 0.440. The van der Waals surface area contributed by atoms with Gasteiger partial charge in [-0.15, -0.1) is 0 Å². The molecule has 0 saturated carbocycles. The van der Waals surface area contributed by atoms with Gasteiger partial charge in [-0.05, 0) is 38.2 Å². The molecule has 0 fully saturated rings. The largest absolute Gasteiger partial charge is 0.492 e. The molecule has 1 aromatic rings. The summed E-state index contributed by atoms with van der Waals surface area (Å²) in [5, 5.41) is 9.46. The van der Waals surface area contributed by atoms with Crippen LogP contribution in [0.3, 0.4) is 0 Å². The molecule has 0 spiro atoms. The van der Waals surface area contributed by atoms with E-state index < -0.39 is 12.0 Å². The Labute approximate surface area is 106 Å². The van der Waals surface area contributed by atoms with Gasteiger partial charge in [-0.2, -0.15) is 0 Å². The van der Waals surface area contributed by atoms with Gasteiger partial charge >= 0.3 is 5.97 Å². The van der Waals surface area contributed by atoms with Crippen molar-refractivity contribution in [1.82, 2.24) is 4.90 Å². The van der Waals surface area contributed by atoms with Crippen LogP contribution < -0.4 is 4.74 Å². The third-order valence-corrected chi connectivity index (χ3v) is 2.80. The standard InChI is InChI=1S/C12H16ClNO3/c1-9(12(15)16)14(2)7-8-17-11-5-3-10(13)4-6-11/h3-6,9H,7-8H2,1-2H3,(H,15,16)/t9-/m0/s1. The van der Waals surface area contributed by atoms with Gasteiger partial charge in [0.2, 0.25) is 0 Å². The molecule has 1 aromatic carbocycles. The lowest BCUT2D eigenvalue weighted by molar-refractivity contribution is -0.142. The SMILES string of the molecule is C[C@@H](C(=O)O)N(C)CCOc1ccc(Cl)cc1. The molecule has 5 heteroatoms. The first kappa shape index (κ1) is 13.8. The van der Waals surface area contributed by atoms with Crippen LogP contribution in [0.15, 0.2) is 24.3 Å². The summed E-state index contributed by atoms with van der Waals surface area (Å²) in [5.41, 5.74) is 0. The van der Waals surface area contributed by atoms with Crippen molar-refractivity contribution in [3.63, 3.8) is 0 Å². The molecule has 17 heavy (non-hydrogen) atoms. The second-order valence-electron chi connectivity index (χ2n) is 3.80. The average molecular weight is 258 g/mol. The number of hydrogen-bond donors (Lipinski definition) is 1. The molecule has 0 aliphatic heterocycles.